The molecule has 1 unspecified atom stereocenters. The van der Waals surface area contributed by atoms with Crippen LogP contribution in [0.5, 0.6) is 0 Å². The highest BCUT2D eigenvalue weighted by atomic mass is 16.2. The van der Waals surface area contributed by atoms with Crippen molar-refractivity contribution in [3.05, 3.63) is 0 Å². The number of urea groups is 1. The molecule has 0 aromatic heterocycles. The standard InChI is InChI=1S/C22H36N4O3/c1-16(2)24-13-10-22(11-14-24)20(28)26(21(29)23-22)18-9-6-12-25(15-18)19(27)17-7-4-3-5-8-17/h16-18H,3-15H2,1-2H3,(H,23,29). The lowest BCUT2D eigenvalue weighted by atomic mass is 9.86. The number of amides is 4. The summed E-state index contributed by atoms with van der Waals surface area (Å²) in [4.78, 5) is 44.9. The molecule has 0 aromatic rings. The van der Waals surface area contributed by atoms with Gasteiger partial charge in [-0.05, 0) is 52.4 Å². The second kappa shape index (κ2) is 8.25. The molecule has 4 fully saturated rings. The van der Waals surface area contributed by atoms with Gasteiger partial charge in [-0.25, -0.2) is 4.79 Å². The molecular formula is C22H36N4O3. The lowest BCUT2D eigenvalue weighted by Crippen LogP contribution is -2.57. The molecule has 1 N–H and O–H groups in total. The van der Waals surface area contributed by atoms with Crippen LogP contribution in [0, 0.1) is 5.92 Å². The van der Waals surface area contributed by atoms with Crippen molar-refractivity contribution in [2.24, 2.45) is 5.92 Å². The van der Waals surface area contributed by atoms with E-state index in [0.717, 1.165) is 58.2 Å². The fourth-order valence-electron chi connectivity index (χ4n) is 5.71. The lowest BCUT2D eigenvalue weighted by Gasteiger charge is -2.40. The first kappa shape index (κ1) is 20.6. The van der Waals surface area contributed by atoms with Crippen LogP contribution < -0.4 is 5.32 Å². The molecule has 162 valence electrons. The molecule has 3 aliphatic heterocycles. The molecule has 0 bridgehead atoms. The van der Waals surface area contributed by atoms with Crippen molar-refractivity contribution in [1.29, 1.82) is 0 Å². The third-order valence-corrected chi connectivity index (χ3v) is 7.60. The lowest BCUT2D eigenvalue weighted by molar-refractivity contribution is -0.142. The SMILES string of the molecule is CC(C)N1CCC2(CC1)NC(=O)N(C1CCCN(C(=O)C3CCCCC3)C1)C2=O. The zero-order valence-corrected chi connectivity index (χ0v) is 18.0. The van der Waals surface area contributed by atoms with E-state index in [1.807, 2.05) is 4.90 Å². The summed E-state index contributed by atoms with van der Waals surface area (Å²) in [7, 11) is 0. The minimum absolute atomic E-state index is 0.0668. The summed E-state index contributed by atoms with van der Waals surface area (Å²) in [5, 5.41) is 3.04. The van der Waals surface area contributed by atoms with E-state index in [1.165, 1.54) is 11.3 Å². The van der Waals surface area contributed by atoms with E-state index in [1.54, 1.807) is 0 Å². The first-order chi connectivity index (χ1) is 13.9. The maximum Gasteiger partial charge on any atom is 0.325 e. The van der Waals surface area contributed by atoms with Gasteiger partial charge in [0, 0.05) is 38.1 Å². The quantitative estimate of drug-likeness (QED) is 0.733. The average Bonchev–Trinajstić information content (AvgIpc) is 2.97. The Morgan fingerprint density at radius 1 is 1.00 bits per heavy atom. The predicted molar refractivity (Wildman–Crippen MR) is 110 cm³/mol. The van der Waals surface area contributed by atoms with Crippen molar-refractivity contribution in [3.63, 3.8) is 0 Å². The highest BCUT2D eigenvalue weighted by Crippen LogP contribution is 2.33. The minimum Gasteiger partial charge on any atom is -0.340 e. The molecule has 0 aromatic carbocycles. The van der Waals surface area contributed by atoms with Crippen LogP contribution in [0.4, 0.5) is 4.79 Å². The Balaban J connectivity index is 1.42. The van der Waals surface area contributed by atoms with E-state index < -0.39 is 5.54 Å². The Hall–Kier alpha value is -1.63. The zero-order chi connectivity index (χ0) is 20.6. The Morgan fingerprint density at radius 2 is 1.69 bits per heavy atom. The van der Waals surface area contributed by atoms with Gasteiger partial charge in [-0.15, -0.1) is 0 Å². The summed E-state index contributed by atoms with van der Waals surface area (Å²) in [5.41, 5.74) is -0.738. The Labute approximate surface area is 174 Å². The van der Waals surface area contributed by atoms with Crippen molar-refractivity contribution in [1.82, 2.24) is 20.0 Å². The largest absolute Gasteiger partial charge is 0.340 e. The summed E-state index contributed by atoms with van der Waals surface area (Å²) in [6.07, 6.45) is 8.46. The van der Waals surface area contributed by atoms with Crippen LogP contribution in [0.2, 0.25) is 0 Å². The van der Waals surface area contributed by atoms with Gasteiger partial charge in [0.25, 0.3) is 5.91 Å². The number of carbonyl (C=O) groups excluding carboxylic acids is 3. The summed E-state index contributed by atoms with van der Waals surface area (Å²) in [6, 6.07) is 0.00428. The highest BCUT2D eigenvalue weighted by molar-refractivity contribution is 6.07. The summed E-state index contributed by atoms with van der Waals surface area (Å²) < 4.78 is 0. The predicted octanol–water partition coefficient (Wildman–Crippen LogP) is 2.35. The molecule has 4 rings (SSSR count). The summed E-state index contributed by atoms with van der Waals surface area (Å²) in [5.74, 6) is 0.307. The third kappa shape index (κ3) is 3.90. The molecule has 1 atom stereocenters. The van der Waals surface area contributed by atoms with Crippen LogP contribution in [0.1, 0.15) is 71.6 Å². The van der Waals surface area contributed by atoms with Gasteiger partial charge in [0.15, 0.2) is 0 Å². The first-order valence-corrected chi connectivity index (χ1v) is 11.6. The Kier molecular flexibility index (Phi) is 5.87. The second-order valence-electron chi connectivity index (χ2n) is 9.73. The van der Waals surface area contributed by atoms with Gasteiger partial charge in [-0.1, -0.05) is 19.3 Å². The van der Waals surface area contributed by atoms with Gasteiger partial charge in [0.05, 0.1) is 6.04 Å². The molecule has 4 aliphatic rings. The van der Waals surface area contributed by atoms with E-state index in [0.29, 0.717) is 25.4 Å². The number of rotatable bonds is 3. The number of imide groups is 1. The fraction of sp³-hybridized carbons (Fsp3) is 0.864. The molecular weight excluding hydrogens is 368 g/mol. The first-order valence-electron chi connectivity index (χ1n) is 11.6. The summed E-state index contributed by atoms with van der Waals surface area (Å²) >= 11 is 0. The van der Waals surface area contributed by atoms with Crippen LogP contribution in [0.3, 0.4) is 0 Å². The van der Waals surface area contributed by atoms with E-state index in [-0.39, 0.29) is 29.8 Å². The number of nitrogens with zero attached hydrogens (tertiary/aromatic N) is 3. The second-order valence-corrected chi connectivity index (χ2v) is 9.73. The number of piperidine rings is 2. The molecule has 7 heteroatoms. The van der Waals surface area contributed by atoms with Gasteiger partial charge in [0.2, 0.25) is 5.91 Å². The van der Waals surface area contributed by atoms with Crippen LogP contribution in [-0.4, -0.2) is 76.3 Å². The highest BCUT2D eigenvalue weighted by Gasteiger charge is 2.54. The molecule has 1 spiro atoms. The normalized spacial score (nSPS) is 29.0. The molecule has 4 amide bonds. The van der Waals surface area contributed by atoms with Crippen molar-refractivity contribution in [2.75, 3.05) is 26.2 Å². The van der Waals surface area contributed by atoms with Crippen molar-refractivity contribution in [2.45, 2.75) is 89.3 Å². The Morgan fingerprint density at radius 3 is 2.34 bits per heavy atom. The van der Waals surface area contributed by atoms with E-state index >= 15 is 0 Å². The van der Waals surface area contributed by atoms with Crippen LogP contribution in [-0.2, 0) is 9.59 Å². The number of hydrogen-bond donors (Lipinski definition) is 1. The number of likely N-dealkylation sites (tertiary alicyclic amines) is 2. The summed E-state index contributed by atoms with van der Waals surface area (Å²) in [6.45, 7) is 7.24. The fourth-order valence-corrected chi connectivity index (χ4v) is 5.71. The van der Waals surface area contributed by atoms with Gasteiger partial charge in [0.1, 0.15) is 5.54 Å². The van der Waals surface area contributed by atoms with Gasteiger partial charge < -0.3 is 15.1 Å². The van der Waals surface area contributed by atoms with Gasteiger partial charge >= 0.3 is 6.03 Å². The van der Waals surface area contributed by atoms with Crippen molar-refractivity contribution < 1.29 is 14.4 Å². The van der Waals surface area contributed by atoms with E-state index in [2.05, 4.69) is 24.1 Å². The van der Waals surface area contributed by atoms with Gasteiger partial charge in [-0.2, -0.15) is 0 Å². The van der Waals surface area contributed by atoms with Crippen LogP contribution in [0.25, 0.3) is 0 Å². The van der Waals surface area contributed by atoms with E-state index in [4.69, 9.17) is 0 Å². The van der Waals surface area contributed by atoms with E-state index in [9.17, 15) is 14.4 Å². The monoisotopic (exact) mass is 404 g/mol. The average molecular weight is 405 g/mol. The Bertz CT molecular complexity index is 650. The maximum atomic E-state index is 13.4. The molecule has 0 radical (unpaired) electrons. The molecule has 1 saturated carbocycles. The number of carbonyl (C=O) groups is 3. The topological polar surface area (TPSA) is 73.0 Å². The molecule has 3 saturated heterocycles. The van der Waals surface area contributed by atoms with Crippen molar-refractivity contribution >= 4 is 17.8 Å². The molecule has 3 heterocycles. The molecule has 7 nitrogen and oxygen atoms in total. The molecule has 1 aliphatic carbocycles. The maximum absolute atomic E-state index is 13.4. The number of nitrogens with one attached hydrogen (secondary N) is 1. The van der Waals surface area contributed by atoms with Crippen molar-refractivity contribution in [3.8, 4) is 0 Å². The zero-order valence-electron chi connectivity index (χ0n) is 18.0. The smallest absolute Gasteiger partial charge is 0.325 e. The number of hydrogen-bond acceptors (Lipinski definition) is 4. The van der Waals surface area contributed by atoms with Gasteiger partial charge in [-0.3, -0.25) is 14.5 Å². The van der Waals surface area contributed by atoms with Crippen LogP contribution in [0.15, 0.2) is 0 Å². The van der Waals surface area contributed by atoms with Crippen LogP contribution >= 0.6 is 0 Å². The minimum atomic E-state index is -0.738. The molecule has 29 heavy (non-hydrogen) atoms. The third-order valence-electron chi connectivity index (χ3n) is 7.60.